The van der Waals surface area contributed by atoms with Crippen molar-refractivity contribution in [3.8, 4) is 0 Å². The maximum Gasteiger partial charge on any atom is 0.254 e. The van der Waals surface area contributed by atoms with Gasteiger partial charge in [-0.2, -0.15) is 0 Å². The minimum atomic E-state index is -0.304. The van der Waals surface area contributed by atoms with Crippen molar-refractivity contribution in [2.45, 2.75) is 39.2 Å². The molecule has 1 saturated heterocycles. The van der Waals surface area contributed by atoms with Crippen LogP contribution in [0, 0.1) is 5.92 Å². The Morgan fingerprint density at radius 1 is 1.38 bits per heavy atom. The topological polar surface area (TPSA) is 91.7 Å². The standard InChI is InChI=1S/C17H25N3O4/c1-3-4-12(2)20-10-14(9-15(20)21)17(23)19-7-6-18-16(22)13-5-8-24-11-13/h5,8,11-12,14H,3-4,6-7,9-10H2,1-2H3,(H,18,22)(H,19,23)/t12-,14+/m1/s1. The zero-order chi connectivity index (χ0) is 17.5. The summed E-state index contributed by atoms with van der Waals surface area (Å²) in [4.78, 5) is 37.7. The highest BCUT2D eigenvalue weighted by atomic mass is 16.3. The first kappa shape index (κ1) is 18.0. The summed E-state index contributed by atoms with van der Waals surface area (Å²) in [5.41, 5.74) is 0.447. The van der Waals surface area contributed by atoms with Gasteiger partial charge >= 0.3 is 0 Å². The van der Waals surface area contributed by atoms with Crippen LogP contribution in [0.15, 0.2) is 23.0 Å². The first-order valence-corrected chi connectivity index (χ1v) is 8.40. The number of rotatable bonds is 8. The molecule has 0 aromatic carbocycles. The Balaban J connectivity index is 1.69. The second-order valence-electron chi connectivity index (χ2n) is 6.14. The van der Waals surface area contributed by atoms with Crippen molar-refractivity contribution in [2.75, 3.05) is 19.6 Å². The van der Waals surface area contributed by atoms with E-state index >= 15 is 0 Å². The first-order chi connectivity index (χ1) is 11.5. The molecule has 7 heteroatoms. The highest BCUT2D eigenvalue weighted by Crippen LogP contribution is 2.22. The van der Waals surface area contributed by atoms with E-state index in [0.29, 0.717) is 25.2 Å². The first-order valence-electron chi connectivity index (χ1n) is 8.40. The van der Waals surface area contributed by atoms with Gasteiger partial charge in [-0.05, 0) is 19.4 Å². The summed E-state index contributed by atoms with van der Waals surface area (Å²) in [7, 11) is 0. The summed E-state index contributed by atoms with van der Waals surface area (Å²) >= 11 is 0. The lowest BCUT2D eigenvalue weighted by Gasteiger charge is -2.24. The minimum absolute atomic E-state index is 0.0457. The molecule has 1 aliphatic heterocycles. The van der Waals surface area contributed by atoms with Crippen LogP contribution in [0.3, 0.4) is 0 Å². The quantitative estimate of drug-likeness (QED) is 0.698. The van der Waals surface area contributed by atoms with Crippen molar-refractivity contribution < 1.29 is 18.8 Å². The van der Waals surface area contributed by atoms with Gasteiger partial charge in [0, 0.05) is 32.1 Å². The van der Waals surface area contributed by atoms with Crippen molar-refractivity contribution in [2.24, 2.45) is 5.92 Å². The second-order valence-corrected chi connectivity index (χ2v) is 6.14. The Bertz CT molecular complexity index is 570. The molecule has 1 fully saturated rings. The number of furan rings is 1. The van der Waals surface area contributed by atoms with Crippen LogP contribution >= 0.6 is 0 Å². The summed E-state index contributed by atoms with van der Waals surface area (Å²) in [5.74, 6) is -0.633. The van der Waals surface area contributed by atoms with Crippen molar-refractivity contribution >= 4 is 17.7 Å². The number of hydrogen-bond donors (Lipinski definition) is 2. The smallest absolute Gasteiger partial charge is 0.254 e. The van der Waals surface area contributed by atoms with Gasteiger partial charge in [0.15, 0.2) is 0 Å². The third kappa shape index (κ3) is 4.59. The van der Waals surface area contributed by atoms with Gasteiger partial charge in [-0.1, -0.05) is 13.3 Å². The Morgan fingerprint density at radius 2 is 2.12 bits per heavy atom. The highest BCUT2D eigenvalue weighted by molar-refractivity contribution is 5.93. The van der Waals surface area contributed by atoms with Crippen LogP contribution in [-0.2, 0) is 9.59 Å². The minimum Gasteiger partial charge on any atom is -0.472 e. The third-order valence-electron chi connectivity index (χ3n) is 4.26. The lowest BCUT2D eigenvalue weighted by molar-refractivity contribution is -0.130. The summed E-state index contributed by atoms with van der Waals surface area (Å²) in [5, 5.41) is 5.47. The predicted octanol–water partition coefficient (Wildman–Crippen LogP) is 1.16. The predicted molar refractivity (Wildman–Crippen MR) is 88.2 cm³/mol. The van der Waals surface area contributed by atoms with Gasteiger partial charge in [-0.15, -0.1) is 0 Å². The van der Waals surface area contributed by atoms with E-state index in [2.05, 4.69) is 17.6 Å². The molecule has 132 valence electrons. The number of carbonyl (C=O) groups excluding carboxylic acids is 3. The molecular weight excluding hydrogens is 310 g/mol. The maximum absolute atomic E-state index is 12.2. The van der Waals surface area contributed by atoms with Crippen LogP contribution in [0.25, 0.3) is 0 Å². The molecule has 0 spiro atoms. The van der Waals surface area contributed by atoms with E-state index in [-0.39, 0.29) is 36.1 Å². The summed E-state index contributed by atoms with van der Waals surface area (Å²) in [6.07, 6.45) is 5.02. The van der Waals surface area contributed by atoms with E-state index in [1.165, 1.54) is 12.5 Å². The zero-order valence-electron chi connectivity index (χ0n) is 14.2. The molecule has 1 aliphatic rings. The van der Waals surface area contributed by atoms with E-state index in [1.54, 1.807) is 11.0 Å². The normalized spacial score (nSPS) is 18.5. The van der Waals surface area contributed by atoms with Gasteiger partial charge in [-0.25, -0.2) is 0 Å². The number of nitrogens with zero attached hydrogens (tertiary/aromatic N) is 1. The summed E-state index contributed by atoms with van der Waals surface area (Å²) in [6, 6.07) is 1.75. The monoisotopic (exact) mass is 335 g/mol. The number of hydrogen-bond acceptors (Lipinski definition) is 4. The van der Waals surface area contributed by atoms with Crippen LogP contribution in [0.2, 0.25) is 0 Å². The van der Waals surface area contributed by atoms with Crippen molar-refractivity contribution in [3.63, 3.8) is 0 Å². The number of carbonyl (C=O) groups is 3. The van der Waals surface area contributed by atoms with Crippen LogP contribution in [-0.4, -0.2) is 48.3 Å². The molecule has 7 nitrogen and oxygen atoms in total. The van der Waals surface area contributed by atoms with E-state index < -0.39 is 0 Å². The van der Waals surface area contributed by atoms with Gasteiger partial charge in [0.25, 0.3) is 5.91 Å². The Morgan fingerprint density at radius 3 is 2.79 bits per heavy atom. The summed E-state index contributed by atoms with van der Waals surface area (Å²) in [6.45, 7) is 5.24. The lowest BCUT2D eigenvalue weighted by Crippen LogP contribution is -2.39. The molecule has 2 N–H and O–H groups in total. The molecule has 3 amide bonds. The molecule has 0 saturated carbocycles. The molecule has 2 heterocycles. The number of nitrogens with one attached hydrogen (secondary N) is 2. The van der Waals surface area contributed by atoms with Crippen LogP contribution in [0.4, 0.5) is 0 Å². The van der Waals surface area contributed by atoms with Crippen molar-refractivity contribution in [3.05, 3.63) is 24.2 Å². The molecular formula is C17H25N3O4. The van der Waals surface area contributed by atoms with Crippen molar-refractivity contribution in [1.82, 2.24) is 15.5 Å². The molecule has 1 aromatic rings. The van der Waals surface area contributed by atoms with E-state index in [0.717, 1.165) is 12.8 Å². The molecule has 0 unspecified atom stereocenters. The van der Waals surface area contributed by atoms with Gasteiger partial charge in [-0.3, -0.25) is 14.4 Å². The molecule has 2 atom stereocenters. The molecule has 0 radical (unpaired) electrons. The molecule has 0 aliphatic carbocycles. The van der Waals surface area contributed by atoms with Gasteiger partial charge in [0.05, 0.1) is 17.7 Å². The van der Waals surface area contributed by atoms with E-state index in [4.69, 9.17) is 4.42 Å². The number of likely N-dealkylation sites (tertiary alicyclic amines) is 1. The molecule has 2 rings (SSSR count). The molecule has 1 aromatic heterocycles. The second kappa shape index (κ2) is 8.52. The largest absolute Gasteiger partial charge is 0.472 e. The average Bonchev–Trinajstić information content (AvgIpc) is 3.21. The van der Waals surface area contributed by atoms with Crippen LogP contribution in [0.5, 0.6) is 0 Å². The van der Waals surface area contributed by atoms with Crippen LogP contribution in [0.1, 0.15) is 43.5 Å². The van der Waals surface area contributed by atoms with Crippen LogP contribution < -0.4 is 10.6 Å². The Labute approximate surface area is 141 Å². The van der Waals surface area contributed by atoms with E-state index in [1.807, 2.05) is 6.92 Å². The fourth-order valence-electron chi connectivity index (χ4n) is 2.91. The molecule has 24 heavy (non-hydrogen) atoms. The van der Waals surface area contributed by atoms with Gasteiger partial charge < -0.3 is 20.0 Å². The number of amides is 3. The summed E-state index contributed by atoms with van der Waals surface area (Å²) < 4.78 is 4.84. The third-order valence-corrected chi connectivity index (χ3v) is 4.26. The molecule has 0 bridgehead atoms. The fraction of sp³-hybridized carbons (Fsp3) is 0.588. The fourth-order valence-corrected chi connectivity index (χ4v) is 2.91. The average molecular weight is 335 g/mol. The SMILES string of the molecule is CCC[C@@H](C)N1C[C@@H](C(=O)NCCNC(=O)c2ccoc2)CC1=O. The van der Waals surface area contributed by atoms with Crippen molar-refractivity contribution in [1.29, 1.82) is 0 Å². The van der Waals surface area contributed by atoms with Gasteiger partial charge in [0.2, 0.25) is 11.8 Å². The maximum atomic E-state index is 12.2. The Hall–Kier alpha value is -2.31. The Kier molecular flexibility index (Phi) is 6.40. The van der Waals surface area contributed by atoms with Gasteiger partial charge in [0.1, 0.15) is 6.26 Å². The van der Waals surface area contributed by atoms with E-state index in [9.17, 15) is 14.4 Å². The zero-order valence-corrected chi connectivity index (χ0v) is 14.2. The lowest BCUT2D eigenvalue weighted by atomic mass is 10.1. The highest BCUT2D eigenvalue weighted by Gasteiger charge is 2.36.